The van der Waals surface area contributed by atoms with E-state index in [-0.39, 0.29) is 12.2 Å². The number of ether oxygens (including phenoxy) is 2. The Balaban J connectivity index is 0.000000317. The maximum absolute atomic E-state index is 10.6. The molecule has 4 rings (SSSR count). The quantitative estimate of drug-likeness (QED) is 0.509. The zero-order valence-electron chi connectivity index (χ0n) is 20.8. The Morgan fingerprint density at radius 2 is 1.69 bits per heavy atom. The van der Waals surface area contributed by atoms with Gasteiger partial charge in [0.25, 0.3) is 0 Å². The van der Waals surface area contributed by atoms with Crippen LogP contribution in [-0.2, 0) is 32.2 Å². The number of pyridine rings is 1. The molecule has 2 aliphatic rings. The van der Waals surface area contributed by atoms with E-state index in [1.165, 1.54) is 5.56 Å². The van der Waals surface area contributed by atoms with Crippen molar-refractivity contribution in [2.45, 2.75) is 70.4 Å². The number of alkyl halides is 6. The lowest BCUT2D eigenvalue weighted by atomic mass is 10.1. The first-order valence-corrected chi connectivity index (χ1v) is 11.5. The van der Waals surface area contributed by atoms with Gasteiger partial charge in [-0.25, -0.2) is 9.59 Å². The molecule has 2 aromatic rings. The number of halogens is 6. The van der Waals surface area contributed by atoms with E-state index in [1.807, 2.05) is 32.0 Å². The first-order chi connectivity index (χ1) is 18.1. The highest BCUT2D eigenvalue weighted by Crippen LogP contribution is 2.34. The number of carboxylic acids is 2. The average molecular weight is 571 g/mol. The monoisotopic (exact) mass is 571 g/mol. The van der Waals surface area contributed by atoms with Gasteiger partial charge in [0.1, 0.15) is 5.76 Å². The maximum Gasteiger partial charge on any atom is 0.490 e. The van der Waals surface area contributed by atoms with Crippen LogP contribution in [-0.4, -0.2) is 80.9 Å². The highest BCUT2D eigenvalue weighted by molar-refractivity contribution is 5.73. The number of aryl methyl sites for hydroxylation is 2. The number of hydrogen-bond acceptors (Lipinski definition) is 8. The van der Waals surface area contributed by atoms with E-state index in [4.69, 9.17) is 33.8 Å². The highest BCUT2D eigenvalue weighted by Gasteiger charge is 2.43. The Bertz CT molecular complexity index is 1030. The summed E-state index contributed by atoms with van der Waals surface area (Å²) in [6, 6.07) is 6.31. The van der Waals surface area contributed by atoms with Crippen molar-refractivity contribution >= 4 is 11.9 Å². The van der Waals surface area contributed by atoms with Crippen LogP contribution in [0.3, 0.4) is 0 Å². The van der Waals surface area contributed by atoms with Gasteiger partial charge in [-0.15, -0.1) is 0 Å². The van der Waals surface area contributed by atoms with Gasteiger partial charge in [0.05, 0.1) is 36.8 Å². The normalized spacial score (nSPS) is 21.2. The van der Waals surface area contributed by atoms with Crippen molar-refractivity contribution in [3.8, 4) is 0 Å². The van der Waals surface area contributed by atoms with Gasteiger partial charge < -0.3 is 24.2 Å². The molecule has 1 saturated carbocycles. The molecule has 3 heterocycles. The predicted molar refractivity (Wildman–Crippen MR) is 119 cm³/mol. The summed E-state index contributed by atoms with van der Waals surface area (Å²) in [6.07, 6.45) is -5.96. The largest absolute Gasteiger partial charge is 0.490 e. The first-order valence-electron chi connectivity index (χ1n) is 11.5. The number of nitrogens with zero attached hydrogens (tertiary/aromatic N) is 3. The minimum atomic E-state index is -5.08. The van der Waals surface area contributed by atoms with E-state index < -0.39 is 24.3 Å². The summed E-state index contributed by atoms with van der Waals surface area (Å²) in [5.41, 5.74) is 3.16. The number of aliphatic carboxylic acids is 2. The Morgan fingerprint density at radius 1 is 1.08 bits per heavy atom. The number of carboxylic acid groups (broad SMARTS) is 2. The second-order valence-electron chi connectivity index (χ2n) is 8.53. The van der Waals surface area contributed by atoms with Crippen molar-refractivity contribution in [2.24, 2.45) is 0 Å². The zero-order chi connectivity index (χ0) is 29.4. The maximum atomic E-state index is 10.6. The lowest BCUT2D eigenvalue weighted by molar-refractivity contribution is -0.193. The molecule has 0 radical (unpaired) electrons. The van der Waals surface area contributed by atoms with Gasteiger partial charge in [-0.05, 0) is 38.8 Å². The number of carbonyl (C=O) groups is 2. The summed E-state index contributed by atoms with van der Waals surface area (Å²) < 4.78 is 81.0. The van der Waals surface area contributed by atoms with Crippen molar-refractivity contribution in [1.82, 2.24) is 15.0 Å². The van der Waals surface area contributed by atoms with Crippen molar-refractivity contribution in [1.29, 1.82) is 0 Å². The first kappa shape index (κ1) is 32.0. The van der Waals surface area contributed by atoms with Crippen molar-refractivity contribution < 1.29 is 60.1 Å². The summed E-state index contributed by atoms with van der Waals surface area (Å²) >= 11 is 0. The summed E-state index contributed by atoms with van der Waals surface area (Å²) in [4.78, 5) is 24.6. The molecular formula is C23H27F6N3O7. The third-order valence-electron chi connectivity index (χ3n) is 5.85. The summed E-state index contributed by atoms with van der Waals surface area (Å²) in [6.45, 7) is 7.10. The van der Waals surface area contributed by atoms with Crippen LogP contribution >= 0.6 is 0 Å². The molecule has 0 aromatic carbocycles. The van der Waals surface area contributed by atoms with E-state index in [0.29, 0.717) is 12.6 Å². The molecule has 1 aliphatic carbocycles. The second kappa shape index (κ2) is 13.7. The van der Waals surface area contributed by atoms with Crippen LogP contribution in [0.2, 0.25) is 0 Å². The standard InChI is InChI=1S/C19H25N3O3.2C2HF3O2/c1-13-16(14(2)25-21-13)11-22-9-10-23-19-17(22)6-7-18(19)24-12-15-5-3-4-8-20-15;2*3-2(4,5)1(6)7/h3-5,8,17-19H,6-7,9-12H2,1-2H3;2*(H,6,7)/t17-,18+,19+;;/m0../s1. The molecular weight excluding hydrogens is 544 g/mol. The van der Waals surface area contributed by atoms with Gasteiger partial charge in [-0.2, -0.15) is 26.3 Å². The van der Waals surface area contributed by atoms with E-state index in [1.54, 1.807) is 6.20 Å². The molecule has 0 spiro atoms. The molecule has 16 heteroatoms. The number of rotatable bonds is 5. The Labute approximate surface area is 218 Å². The topological polar surface area (TPSA) is 135 Å². The molecule has 39 heavy (non-hydrogen) atoms. The zero-order valence-corrected chi connectivity index (χ0v) is 20.8. The number of hydrogen-bond donors (Lipinski definition) is 2. The van der Waals surface area contributed by atoms with Gasteiger partial charge in [-0.3, -0.25) is 9.88 Å². The van der Waals surface area contributed by atoms with Gasteiger partial charge in [0.15, 0.2) is 0 Å². The van der Waals surface area contributed by atoms with E-state index in [0.717, 1.165) is 49.7 Å². The van der Waals surface area contributed by atoms with Crippen molar-refractivity contribution in [3.63, 3.8) is 0 Å². The molecule has 3 atom stereocenters. The molecule has 1 saturated heterocycles. The molecule has 0 bridgehead atoms. The number of fused-ring (bicyclic) bond motifs is 1. The van der Waals surface area contributed by atoms with E-state index >= 15 is 0 Å². The molecule has 10 nitrogen and oxygen atoms in total. The van der Waals surface area contributed by atoms with Crippen LogP contribution < -0.4 is 0 Å². The van der Waals surface area contributed by atoms with Crippen LogP contribution in [0.25, 0.3) is 0 Å². The third-order valence-corrected chi connectivity index (χ3v) is 5.85. The van der Waals surface area contributed by atoms with Crippen LogP contribution in [0.1, 0.15) is 35.6 Å². The molecule has 2 fully saturated rings. The molecule has 2 aromatic heterocycles. The third kappa shape index (κ3) is 9.78. The van der Waals surface area contributed by atoms with E-state index in [9.17, 15) is 26.3 Å². The average Bonchev–Trinajstić information content (AvgIpc) is 3.42. The minimum absolute atomic E-state index is 0.137. The molecule has 218 valence electrons. The van der Waals surface area contributed by atoms with Crippen molar-refractivity contribution in [2.75, 3.05) is 13.2 Å². The lowest BCUT2D eigenvalue weighted by Crippen LogP contribution is -2.51. The molecule has 2 N–H and O–H groups in total. The molecule has 0 amide bonds. The summed E-state index contributed by atoms with van der Waals surface area (Å²) in [5.74, 6) is -4.60. The highest BCUT2D eigenvalue weighted by atomic mass is 19.4. The Hall–Kier alpha value is -3.24. The Kier molecular flexibility index (Phi) is 11.2. The predicted octanol–water partition coefficient (Wildman–Crippen LogP) is 3.90. The van der Waals surface area contributed by atoms with Gasteiger partial charge in [-0.1, -0.05) is 11.2 Å². The van der Waals surface area contributed by atoms with Crippen LogP contribution in [0.5, 0.6) is 0 Å². The minimum Gasteiger partial charge on any atom is -0.475 e. The smallest absolute Gasteiger partial charge is 0.475 e. The van der Waals surface area contributed by atoms with Crippen LogP contribution in [0, 0.1) is 13.8 Å². The fourth-order valence-corrected chi connectivity index (χ4v) is 3.97. The molecule has 0 unspecified atom stereocenters. The fourth-order valence-electron chi connectivity index (χ4n) is 3.97. The fraction of sp³-hybridized carbons (Fsp3) is 0.565. The lowest BCUT2D eigenvalue weighted by Gasteiger charge is -2.39. The number of morpholine rings is 1. The van der Waals surface area contributed by atoms with Crippen LogP contribution in [0.4, 0.5) is 26.3 Å². The summed E-state index contributed by atoms with van der Waals surface area (Å²) in [7, 11) is 0. The van der Waals surface area contributed by atoms with Gasteiger partial charge in [0.2, 0.25) is 0 Å². The second-order valence-corrected chi connectivity index (χ2v) is 8.53. The van der Waals surface area contributed by atoms with Crippen molar-refractivity contribution in [3.05, 3.63) is 47.1 Å². The Morgan fingerprint density at radius 3 is 2.18 bits per heavy atom. The number of aromatic nitrogens is 2. The van der Waals surface area contributed by atoms with E-state index in [2.05, 4.69) is 15.0 Å². The van der Waals surface area contributed by atoms with Gasteiger partial charge in [0, 0.05) is 30.9 Å². The van der Waals surface area contributed by atoms with Crippen LogP contribution in [0.15, 0.2) is 28.9 Å². The van der Waals surface area contributed by atoms with Gasteiger partial charge >= 0.3 is 24.3 Å². The molecule has 1 aliphatic heterocycles. The SMILES string of the molecule is Cc1noc(C)c1CN1CCO[C@H]2[C@H](OCc3ccccn3)CC[C@@H]21.O=C(O)C(F)(F)F.O=C(O)C(F)(F)F. The summed E-state index contributed by atoms with van der Waals surface area (Å²) in [5, 5.41) is 18.3.